The summed E-state index contributed by atoms with van der Waals surface area (Å²) in [6, 6.07) is 9.14. The van der Waals surface area contributed by atoms with Crippen molar-refractivity contribution in [2.75, 3.05) is 23.7 Å². The number of halogens is 1. The first-order chi connectivity index (χ1) is 15.6. The summed E-state index contributed by atoms with van der Waals surface area (Å²) in [6.07, 6.45) is 2.86. The van der Waals surface area contributed by atoms with Gasteiger partial charge < -0.3 is 25.4 Å². The van der Waals surface area contributed by atoms with Gasteiger partial charge in [-0.2, -0.15) is 4.98 Å². The molecule has 3 N–H and O–H groups in total. The van der Waals surface area contributed by atoms with Crippen molar-refractivity contribution in [3.63, 3.8) is 0 Å². The standard InChI is InChI=1S/C16H18FN5O2.C7H12O2/c17-13-10-19-15(20-11-5-2-1-3-6-11)21-14(13)18-9-12-7-4-8-22(12)16(23)24;1-5-6(8)9-7(2,3)4/h1-3,5-6,10,12H,4,7-9H2,(H,23,24)(H2,18,19,20,21);5H,1H2,2-4H3. The number of anilines is 3. The quantitative estimate of drug-likeness (QED) is 0.429. The lowest BCUT2D eigenvalue weighted by Crippen LogP contribution is -2.38. The molecule has 9 nitrogen and oxygen atoms in total. The number of carboxylic acid groups (broad SMARTS) is 1. The Labute approximate surface area is 192 Å². The molecule has 1 aliphatic rings. The van der Waals surface area contributed by atoms with Crippen LogP contribution in [0.15, 0.2) is 49.2 Å². The van der Waals surface area contributed by atoms with E-state index >= 15 is 0 Å². The number of hydrogen-bond donors (Lipinski definition) is 3. The number of carbonyl (C=O) groups is 2. The van der Waals surface area contributed by atoms with Crippen LogP contribution < -0.4 is 10.6 Å². The van der Waals surface area contributed by atoms with Crippen molar-refractivity contribution in [3.05, 3.63) is 55.0 Å². The molecular weight excluding hydrogens is 429 g/mol. The summed E-state index contributed by atoms with van der Waals surface area (Å²) >= 11 is 0. The minimum Gasteiger partial charge on any atom is -0.465 e. The highest BCUT2D eigenvalue weighted by Crippen LogP contribution is 2.20. The molecule has 0 radical (unpaired) electrons. The van der Waals surface area contributed by atoms with Crippen molar-refractivity contribution >= 4 is 29.5 Å². The Morgan fingerprint density at radius 2 is 2.03 bits per heavy atom. The minimum atomic E-state index is -0.950. The molecule has 1 unspecified atom stereocenters. The summed E-state index contributed by atoms with van der Waals surface area (Å²) in [6.45, 7) is 9.53. The number of rotatable bonds is 6. The predicted octanol–water partition coefficient (Wildman–Crippen LogP) is 4.43. The van der Waals surface area contributed by atoms with Crippen LogP contribution in [0.5, 0.6) is 0 Å². The van der Waals surface area contributed by atoms with E-state index in [0.29, 0.717) is 13.1 Å². The second kappa shape index (κ2) is 11.8. The van der Waals surface area contributed by atoms with Crippen LogP contribution in [0, 0.1) is 5.82 Å². The molecule has 1 aliphatic heterocycles. The van der Waals surface area contributed by atoms with E-state index in [9.17, 15) is 14.0 Å². The summed E-state index contributed by atoms with van der Waals surface area (Å²) in [4.78, 5) is 31.0. The molecule has 2 heterocycles. The Balaban J connectivity index is 0.000000365. The number of aromatic nitrogens is 2. The number of ether oxygens (including phenoxy) is 1. The third-order valence-electron chi connectivity index (χ3n) is 4.48. The Hall–Kier alpha value is -3.69. The number of amides is 1. The van der Waals surface area contributed by atoms with Crippen molar-refractivity contribution in [1.82, 2.24) is 14.9 Å². The van der Waals surface area contributed by atoms with E-state index in [0.717, 1.165) is 30.8 Å². The molecule has 10 heteroatoms. The second-order valence-corrected chi connectivity index (χ2v) is 8.27. The second-order valence-electron chi connectivity index (χ2n) is 8.27. The zero-order valence-electron chi connectivity index (χ0n) is 19.0. The predicted molar refractivity (Wildman–Crippen MR) is 124 cm³/mol. The van der Waals surface area contributed by atoms with E-state index in [1.54, 1.807) is 0 Å². The molecule has 2 aromatic rings. The Bertz CT molecular complexity index is 950. The van der Waals surface area contributed by atoms with Crippen LogP contribution in [0.1, 0.15) is 33.6 Å². The highest BCUT2D eigenvalue weighted by molar-refractivity contribution is 5.81. The van der Waals surface area contributed by atoms with Crippen LogP contribution >= 0.6 is 0 Å². The number of para-hydroxylation sites is 1. The fraction of sp³-hybridized carbons (Fsp3) is 0.391. The van der Waals surface area contributed by atoms with E-state index in [2.05, 4.69) is 27.2 Å². The van der Waals surface area contributed by atoms with Gasteiger partial charge in [-0.1, -0.05) is 24.8 Å². The smallest absolute Gasteiger partial charge is 0.407 e. The Morgan fingerprint density at radius 1 is 1.33 bits per heavy atom. The van der Waals surface area contributed by atoms with Gasteiger partial charge >= 0.3 is 12.1 Å². The molecule has 0 bridgehead atoms. The van der Waals surface area contributed by atoms with E-state index in [4.69, 9.17) is 9.84 Å². The lowest BCUT2D eigenvalue weighted by atomic mass is 10.2. The van der Waals surface area contributed by atoms with Crippen molar-refractivity contribution < 1.29 is 23.8 Å². The molecule has 178 valence electrons. The van der Waals surface area contributed by atoms with Gasteiger partial charge in [-0.05, 0) is 45.7 Å². The van der Waals surface area contributed by atoms with E-state index < -0.39 is 17.5 Å². The van der Waals surface area contributed by atoms with Crippen molar-refractivity contribution in [2.45, 2.75) is 45.3 Å². The number of esters is 1. The molecule has 1 saturated heterocycles. The summed E-state index contributed by atoms with van der Waals surface area (Å²) < 4.78 is 18.7. The molecule has 0 saturated carbocycles. The molecule has 1 atom stereocenters. The number of benzene rings is 1. The summed E-state index contributed by atoms with van der Waals surface area (Å²) in [5.41, 5.74) is 0.397. The normalized spacial score (nSPS) is 15.2. The van der Waals surface area contributed by atoms with Crippen LogP contribution in [0.25, 0.3) is 0 Å². The van der Waals surface area contributed by atoms with Gasteiger partial charge in [-0.25, -0.2) is 19.0 Å². The van der Waals surface area contributed by atoms with Gasteiger partial charge in [0.1, 0.15) is 5.60 Å². The summed E-state index contributed by atoms with van der Waals surface area (Å²) in [7, 11) is 0. The third-order valence-corrected chi connectivity index (χ3v) is 4.48. The number of hydrogen-bond acceptors (Lipinski definition) is 7. The molecule has 1 amide bonds. The monoisotopic (exact) mass is 459 g/mol. The first-order valence-corrected chi connectivity index (χ1v) is 10.5. The maximum atomic E-state index is 13.9. The number of carbonyl (C=O) groups excluding carboxylic acids is 1. The largest absolute Gasteiger partial charge is 0.465 e. The topological polar surface area (TPSA) is 117 Å². The van der Waals surface area contributed by atoms with Crippen molar-refractivity contribution in [3.8, 4) is 0 Å². The van der Waals surface area contributed by atoms with E-state index in [-0.39, 0.29) is 23.8 Å². The first-order valence-electron chi connectivity index (χ1n) is 10.5. The molecule has 1 aromatic carbocycles. The molecule has 3 rings (SSSR count). The Kier molecular flexibility index (Phi) is 9.14. The van der Waals surface area contributed by atoms with Gasteiger partial charge in [-0.15, -0.1) is 0 Å². The Morgan fingerprint density at radius 3 is 2.61 bits per heavy atom. The molecular formula is C23H30FN5O4. The highest BCUT2D eigenvalue weighted by Gasteiger charge is 2.28. The molecule has 1 fully saturated rings. The maximum Gasteiger partial charge on any atom is 0.407 e. The lowest BCUT2D eigenvalue weighted by molar-refractivity contribution is -0.148. The molecule has 0 aliphatic carbocycles. The lowest BCUT2D eigenvalue weighted by Gasteiger charge is -2.22. The maximum absolute atomic E-state index is 13.9. The minimum absolute atomic E-state index is 0.0562. The SMILES string of the molecule is C=CC(=O)OC(C)(C)C.O=C(O)N1CCCC1CNc1nc(Nc2ccccc2)ncc1F. The van der Waals surface area contributed by atoms with Gasteiger partial charge in [-0.3, -0.25) is 0 Å². The fourth-order valence-corrected chi connectivity index (χ4v) is 3.06. The van der Waals surface area contributed by atoms with Crippen LogP contribution in [-0.4, -0.2) is 56.8 Å². The number of nitrogens with one attached hydrogen (secondary N) is 2. The van der Waals surface area contributed by atoms with Crippen LogP contribution in [0.4, 0.5) is 26.6 Å². The molecule has 0 spiro atoms. The van der Waals surface area contributed by atoms with E-state index in [1.165, 1.54) is 4.90 Å². The zero-order valence-corrected chi connectivity index (χ0v) is 19.0. The van der Waals surface area contributed by atoms with Crippen molar-refractivity contribution in [2.24, 2.45) is 0 Å². The van der Waals surface area contributed by atoms with Gasteiger partial charge in [0.25, 0.3) is 0 Å². The van der Waals surface area contributed by atoms with Gasteiger partial charge in [0.05, 0.1) is 12.2 Å². The average Bonchev–Trinajstić information content (AvgIpc) is 3.23. The number of likely N-dealkylation sites (tertiary alicyclic amines) is 1. The summed E-state index contributed by atoms with van der Waals surface area (Å²) in [5.74, 6) is -0.622. The first kappa shape index (κ1) is 25.6. The summed E-state index contributed by atoms with van der Waals surface area (Å²) in [5, 5.41) is 15.0. The average molecular weight is 460 g/mol. The van der Waals surface area contributed by atoms with Gasteiger partial charge in [0.15, 0.2) is 11.6 Å². The molecule has 1 aromatic heterocycles. The zero-order chi connectivity index (χ0) is 24.4. The van der Waals surface area contributed by atoms with Crippen LogP contribution in [0.3, 0.4) is 0 Å². The third kappa shape index (κ3) is 8.76. The van der Waals surface area contributed by atoms with Gasteiger partial charge in [0.2, 0.25) is 5.95 Å². The molecule has 33 heavy (non-hydrogen) atoms. The van der Waals surface area contributed by atoms with Gasteiger partial charge in [0, 0.05) is 24.9 Å². The highest BCUT2D eigenvalue weighted by atomic mass is 19.1. The van der Waals surface area contributed by atoms with Crippen LogP contribution in [0.2, 0.25) is 0 Å². The fourth-order valence-electron chi connectivity index (χ4n) is 3.06. The van der Waals surface area contributed by atoms with Crippen LogP contribution in [-0.2, 0) is 9.53 Å². The van der Waals surface area contributed by atoms with Crippen molar-refractivity contribution in [1.29, 1.82) is 0 Å². The van der Waals surface area contributed by atoms with E-state index in [1.807, 2.05) is 51.1 Å². The number of nitrogens with zero attached hydrogens (tertiary/aromatic N) is 3.